The number of methoxy groups -OCH3 is 2. The molecule has 5 heterocycles. The maximum atomic E-state index is 11.8. The maximum absolute atomic E-state index is 11.8. The molecule has 2 atom stereocenters. The van der Waals surface area contributed by atoms with Gasteiger partial charge in [0.25, 0.3) is 0 Å². The first-order valence-electron chi connectivity index (χ1n) is 17.7. The highest BCUT2D eigenvalue weighted by molar-refractivity contribution is 6.36. The van der Waals surface area contributed by atoms with E-state index in [1.165, 1.54) is 5.56 Å². The smallest absolute Gasteiger partial charge is 0.237 e. The molecular formula is C39H42ClN7O4. The average molecular weight is 708 g/mol. The summed E-state index contributed by atoms with van der Waals surface area (Å²) in [6, 6.07) is 14.6. The van der Waals surface area contributed by atoms with Crippen LogP contribution in [0.1, 0.15) is 60.5 Å². The second kappa shape index (κ2) is 13.5. The van der Waals surface area contributed by atoms with Crippen LogP contribution in [0.25, 0.3) is 33.6 Å². The molecule has 2 amide bonds. The second-order valence-corrected chi connectivity index (χ2v) is 14.6. The summed E-state index contributed by atoms with van der Waals surface area (Å²) in [4.78, 5) is 40.4. The van der Waals surface area contributed by atoms with E-state index in [1.807, 2.05) is 36.5 Å². The fourth-order valence-electron chi connectivity index (χ4n) is 8.30. The van der Waals surface area contributed by atoms with Gasteiger partial charge >= 0.3 is 0 Å². The number of rotatable bonds is 10. The summed E-state index contributed by atoms with van der Waals surface area (Å²) < 4.78 is 11.6. The number of carbonyl (C=O) groups excluding carboxylic acids is 2. The highest BCUT2D eigenvalue weighted by Gasteiger charge is 2.47. The van der Waals surface area contributed by atoms with Crippen molar-refractivity contribution in [1.82, 2.24) is 35.8 Å². The topological polar surface area (TPSA) is 131 Å². The van der Waals surface area contributed by atoms with Gasteiger partial charge in [-0.3, -0.25) is 19.5 Å². The van der Waals surface area contributed by atoms with Gasteiger partial charge in [0.15, 0.2) is 0 Å². The number of halogens is 1. The van der Waals surface area contributed by atoms with Gasteiger partial charge in [0, 0.05) is 73.4 Å². The molecule has 0 radical (unpaired) electrons. The van der Waals surface area contributed by atoms with Crippen molar-refractivity contribution in [1.29, 1.82) is 0 Å². The Labute approximate surface area is 302 Å². The van der Waals surface area contributed by atoms with Crippen LogP contribution < -0.4 is 25.4 Å². The molecule has 2 aromatic carbocycles. The van der Waals surface area contributed by atoms with Crippen LogP contribution in [0.3, 0.4) is 0 Å². The van der Waals surface area contributed by atoms with Gasteiger partial charge in [-0.2, -0.15) is 0 Å². The summed E-state index contributed by atoms with van der Waals surface area (Å²) in [5, 5.41) is 10.4. The number of likely N-dealkylation sites (tertiary alicyclic amines) is 1. The van der Waals surface area contributed by atoms with E-state index in [-0.39, 0.29) is 29.4 Å². The van der Waals surface area contributed by atoms with Crippen molar-refractivity contribution >= 4 is 23.4 Å². The molecule has 12 heteroatoms. The summed E-state index contributed by atoms with van der Waals surface area (Å²) in [5.41, 5.74) is 9.13. The minimum absolute atomic E-state index is 0.0895. The molecule has 8 rings (SSSR count). The first kappa shape index (κ1) is 33.6. The number of pyridine rings is 1. The summed E-state index contributed by atoms with van der Waals surface area (Å²) in [5.74, 6) is 1.35. The molecule has 0 saturated carbocycles. The Balaban J connectivity index is 1.04. The Hall–Kier alpha value is -4.58. The molecule has 3 N–H and O–H groups in total. The fourth-order valence-corrected chi connectivity index (χ4v) is 8.63. The van der Waals surface area contributed by atoms with Gasteiger partial charge in [0.05, 0.1) is 42.4 Å². The summed E-state index contributed by atoms with van der Waals surface area (Å²) in [6.45, 7) is 5.01. The molecule has 3 fully saturated rings. The van der Waals surface area contributed by atoms with Crippen molar-refractivity contribution in [2.75, 3.05) is 33.9 Å². The minimum atomic E-state index is -0.0895. The number of amides is 2. The largest absolute Gasteiger partial charge is 0.481 e. The summed E-state index contributed by atoms with van der Waals surface area (Å²) in [6.07, 6.45) is 6.56. The van der Waals surface area contributed by atoms with Crippen LogP contribution in [-0.2, 0) is 22.6 Å². The molecule has 4 aliphatic rings. The SMILES string of the molecule is COc1nc(-c2cccc(-c3cccc(-c4cc5c(c(OC)n4)C(NCC4CCC(=O)N4)CC5)c3Cl)c2C)cnc1CN1CC2(CCC(=O)N2)C1. The van der Waals surface area contributed by atoms with E-state index < -0.39 is 0 Å². The molecule has 4 aromatic rings. The minimum Gasteiger partial charge on any atom is -0.481 e. The van der Waals surface area contributed by atoms with Gasteiger partial charge in [0.2, 0.25) is 23.6 Å². The number of nitrogens with one attached hydrogen (secondary N) is 3. The number of nitrogens with zero attached hydrogens (tertiary/aromatic N) is 4. The molecule has 1 spiro atoms. The second-order valence-electron chi connectivity index (χ2n) is 14.2. The fraction of sp³-hybridized carbons (Fsp3) is 0.410. The number of carbonyl (C=O) groups is 2. The van der Waals surface area contributed by atoms with Gasteiger partial charge in [-0.15, -0.1) is 0 Å². The first-order chi connectivity index (χ1) is 24.7. The standard InChI is InChI=1S/C39H42ClN7O4/c1-22-25(6-4-7-26(22)31-18-42-32(37(45-31)50-2)19-47-20-39(21-47)15-14-34(49)46-39)27-8-5-9-28(36(27)40)30-16-23-10-12-29(35(23)38(44-30)51-3)41-17-24-11-13-33(48)43-24/h4-9,16,18,24,29,41H,10-15,17,19-21H2,1-3H3,(H,43,48)(H,46,49). The number of aryl methyl sites for hydroxylation is 1. The molecule has 3 saturated heterocycles. The third-order valence-corrected chi connectivity index (χ3v) is 11.3. The maximum Gasteiger partial charge on any atom is 0.237 e. The Morgan fingerprint density at radius 2 is 1.67 bits per heavy atom. The number of hydrogen-bond acceptors (Lipinski definition) is 9. The summed E-state index contributed by atoms with van der Waals surface area (Å²) in [7, 11) is 3.28. The Morgan fingerprint density at radius 3 is 2.39 bits per heavy atom. The quantitative estimate of drug-likeness (QED) is 0.204. The van der Waals surface area contributed by atoms with E-state index >= 15 is 0 Å². The highest BCUT2D eigenvalue weighted by atomic mass is 35.5. The van der Waals surface area contributed by atoms with Gasteiger partial charge in [0.1, 0.15) is 5.69 Å². The van der Waals surface area contributed by atoms with Crippen LogP contribution >= 0.6 is 11.6 Å². The van der Waals surface area contributed by atoms with Crippen LogP contribution in [0, 0.1) is 6.92 Å². The third-order valence-electron chi connectivity index (χ3n) is 10.9. The van der Waals surface area contributed by atoms with Gasteiger partial charge in [-0.05, 0) is 55.4 Å². The molecule has 11 nitrogen and oxygen atoms in total. The van der Waals surface area contributed by atoms with Crippen molar-refractivity contribution < 1.29 is 19.1 Å². The Morgan fingerprint density at radius 1 is 0.922 bits per heavy atom. The van der Waals surface area contributed by atoms with E-state index in [0.717, 1.165) is 90.1 Å². The number of benzene rings is 2. The first-order valence-corrected chi connectivity index (χ1v) is 18.0. The molecule has 2 unspecified atom stereocenters. The van der Waals surface area contributed by atoms with Crippen LogP contribution in [0.4, 0.5) is 0 Å². The van der Waals surface area contributed by atoms with Crippen molar-refractivity contribution in [3.05, 3.63) is 76.1 Å². The monoisotopic (exact) mass is 707 g/mol. The molecule has 1 aliphatic carbocycles. The lowest BCUT2D eigenvalue weighted by molar-refractivity contribution is -0.121. The van der Waals surface area contributed by atoms with E-state index in [9.17, 15) is 9.59 Å². The van der Waals surface area contributed by atoms with Crippen molar-refractivity contribution in [3.8, 4) is 45.4 Å². The third kappa shape index (κ3) is 6.32. The van der Waals surface area contributed by atoms with Crippen molar-refractivity contribution in [2.45, 2.75) is 69.6 Å². The van der Waals surface area contributed by atoms with Gasteiger partial charge in [-0.1, -0.05) is 48.0 Å². The van der Waals surface area contributed by atoms with E-state index in [4.69, 9.17) is 36.0 Å². The number of aromatic nitrogens is 3. The lowest BCUT2D eigenvalue weighted by atomic mass is 9.88. The normalized spacial score (nSPS) is 20.6. The molecule has 3 aliphatic heterocycles. The Bertz CT molecular complexity index is 2030. The number of fused-ring (bicyclic) bond motifs is 1. The highest BCUT2D eigenvalue weighted by Crippen LogP contribution is 2.43. The molecule has 264 valence electrons. The van der Waals surface area contributed by atoms with E-state index in [2.05, 4.69) is 39.9 Å². The van der Waals surface area contributed by atoms with Gasteiger partial charge in [-0.25, -0.2) is 9.97 Å². The zero-order valence-electron chi connectivity index (χ0n) is 29.1. The lowest BCUT2D eigenvalue weighted by Gasteiger charge is -2.47. The Kier molecular flexibility index (Phi) is 8.90. The van der Waals surface area contributed by atoms with E-state index in [0.29, 0.717) is 41.9 Å². The van der Waals surface area contributed by atoms with Crippen LogP contribution in [0.5, 0.6) is 11.8 Å². The number of hydrogen-bond donors (Lipinski definition) is 3. The number of ether oxygens (including phenoxy) is 2. The zero-order chi connectivity index (χ0) is 35.3. The molecule has 51 heavy (non-hydrogen) atoms. The van der Waals surface area contributed by atoms with Crippen molar-refractivity contribution in [2.24, 2.45) is 0 Å². The van der Waals surface area contributed by atoms with Crippen LogP contribution in [0.15, 0.2) is 48.7 Å². The van der Waals surface area contributed by atoms with Crippen LogP contribution in [0.2, 0.25) is 5.02 Å². The predicted octanol–water partition coefficient (Wildman–Crippen LogP) is 5.17. The predicted molar refractivity (Wildman–Crippen MR) is 195 cm³/mol. The average Bonchev–Trinajstić information content (AvgIpc) is 3.85. The van der Waals surface area contributed by atoms with Crippen LogP contribution in [-0.4, -0.2) is 77.1 Å². The van der Waals surface area contributed by atoms with Crippen molar-refractivity contribution in [3.63, 3.8) is 0 Å². The van der Waals surface area contributed by atoms with E-state index in [1.54, 1.807) is 14.2 Å². The molecule has 0 bridgehead atoms. The summed E-state index contributed by atoms with van der Waals surface area (Å²) >= 11 is 7.24. The molecular weight excluding hydrogens is 666 g/mol. The van der Waals surface area contributed by atoms with Gasteiger partial charge < -0.3 is 25.4 Å². The molecule has 2 aromatic heterocycles. The zero-order valence-corrected chi connectivity index (χ0v) is 29.9. The lowest BCUT2D eigenvalue weighted by Crippen LogP contribution is -2.66.